The second-order valence-electron chi connectivity index (χ2n) is 5.91. The molecular formula is C18H21N3O2. The third-order valence-electron chi connectivity index (χ3n) is 4.28. The van der Waals surface area contributed by atoms with Gasteiger partial charge in [0, 0.05) is 19.1 Å². The fourth-order valence-electron chi connectivity index (χ4n) is 2.97. The molecule has 0 unspecified atom stereocenters. The second-order valence-corrected chi connectivity index (χ2v) is 5.91. The minimum Gasteiger partial charge on any atom is -0.325 e. The summed E-state index contributed by atoms with van der Waals surface area (Å²) in [5.41, 5.74) is 0.728. The molecule has 2 aliphatic heterocycles. The van der Waals surface area contributed by atoms with Crippen LogP contribution in [0.5, 0.6) is 0 Å². The van der Waals surface area contributed by atoms with E-state index in [9.17, 15) is 9.59 Å². The second kappa shape index (κ2) is 6.36. The maximum absolute atomic E-state index is 12.4. The third-order valence-corrected chi connectivity index (χ3v) is 4.28. The van der Waals surface area contributed by atoms with Crippen LogP contribution in [0.4, 0.5) is 0 Å². The largest absolute Gasteiger partial charge is 0.352 e. The van der Waals surface area contributed by atoms with Crippen LogP contribution >= 0.6 is 0 Å². The lowest BCUT2D eigenvalue weighted by Crippen LogP contribution is -2.35. The Morgan fingerprint density at radius 3 is 2.65 bits per heavy atom. The molecule has 5 nitrogen and oxygen atoms in total. The fourth-order valence-corrected chi connectivity index (χ4v) is 2.97. The molecule has 1 aromatic carbocycles. The topological polar surface area (TPSA) is 56.9 Å². The summed E-state index contributed by atoms with van der Waals surface area (Å²) in [6.45, 7) is 2.94. The van der Waals surface area contributed by atoms with Crippen LogP contribution in [-0.4, -0.2) is 14.1 Å². The van der Waals surface area contributed by atoms with Gasteiger partial charge in [0.2, 0.25) is 0 Å². The lowest BCUT2D eigenvalue weighted by atomic mass is 10.1. The summed E-state index contributed by atoms with van der Waals surface area (Å²) in [6.07, 6.45) is 4.49. The van der Waals surface area contributed by atoms with Crippen LogP contribution in [0.1, 0.15) is 32.6 Å². The number of fused-ring (bicyclic) bond motifs is 2. The molecule has 5 heteroatoms. The zero-order valence-corrected chi connectivity index (χ0v) is 13.6. The molecule has 0 spiro atoms. The van der Waals surface area contributed by atoms with Gasteiger partial charge in [-0.05, 0) is 23.9 Å². The van der Waals surface area contributed by atoms with Crippen molar-refractivity contribution in [1.29, 1.82) is 0 Å². The number of unbranched alkanes of at least 4 members (excludes halogenated alkanes) is 3. The molecule has 0 aliphatic carbocycles. The molecule has 120 valence electrons. The van der Waals surface area contributed by atoms with Crippen molar-refractivity contribution in [2.45, 2.75) is 39.2 Å². The summed E-state index contributed by atoms with van der Waals surface area (Å²) in [7, 11) is 1.47. The Balaban J connectivity index is 2.23. The Bertz CT molecular complexity index is 924. The average molecular weight is 311 g/mol. The first-order chi connectivity index (χ1) is 11.1. The van der Waals surface area contributed by atoms with E-state index in [1.165, 1.54) is 19.9 Å². The van der Waals surface area contributed by atoms with Crippen LogP contribution in [0.3, 0.4) is 0 Å². The highest BCUT2D eigenvalue weighted by molar-refractivity contribution is 5.85. The summed E-state index contributed by atoms with van der Waals surface area (Å²) in [4.78, 5) is 28.5. The van der Waals surface area contributed by atoms with Gasteiger partial charge in [0.25, 0.3) is 5.56 Å². The number of pyridine rings is 1. The molecular weight excluding hydrogens is 290 g/mol. The van der Waals surface area contributed by atoms with Crippen molar-refractivity contribution in [1.82, 2.24) is 14.1 Å². The molecule has 0 saturated carbocycles. The highest BCUT2D eigenvalue weighted by Crippen LogP contribution is 2.24. The number of rotatable bonds is 5. The van der Waals surface area contributed by atoms with Gasteiger partial charge in [-0.25, -0.2) is 4.79 Å². The van der Waals surface area contributed by atoms with E-state index in [0.717, 1.165) is 34.9 Å². The van der Waals surface area contributed by atoms with Crippen molar-refractivity contribution in [2.75, 3.05) is 0 Å². The monoisotopic (exact) mass is 311 g/mol. The summed E-state index contributed by atoms with van der Waals surface area (Å²) in [5, 5.41) is 0.994. The standard InChI is InChI=1S/C18H21N3O2/c1-3-4-5-8-11-21-15-10-7-6-9-13(15)12-14-16(21)19-18(23)20(2)17(14)22/h6-7,9-10,12H,3-5,8,11H2,1-2H3. The normalized spacial score (nSPS) is 11.4. The number of nitrogens with zero attached hydrogens (tertiary/aromatic N) is 3. The maximum Gasteiger partial charge on any atom is 0.352 e. The van der Waals surface area contributed by atoms with E-state index >= 15 is 0 Å². The van der Waals surface area contributed by atoms with Crippen molar-refractivity contribution in [2.24, 2.45) is 7.05 Å². The van der Waals surface area contributed by atoms with Crippen LogP contribution in [0.25, 0.3) is 22.3 Å². The molecule has 0 bridgehead atoms. The van der Waals surface area contributed by atoms with Crippen molar-refractivity contribution in [3.63, 3.8) is 0 Å². The Labute approximate surface area is 134 Å². The molecule has 1 aromatic rings. The Hall–Kier alpha value is -2.43. The summed E-state index contributed by atoms with van der Waals surface area (Å²) in [5.74, 6) is 0.494. The van der Waals surface area contributed by atoms with Gasteiger partial charge in [-0.15, -0.1) is 0 Å². The Morgan fingerprint density at radius 2 is 1.87 bits per heavy atom. The van der Waals surface area contributed by atoms with Gasteiger partial charge < -0.3 is 4.57 Å². The summed E-state index contributed by atoms with van der Waals surface area (Å²) >= 11 is 0. The van der Waals surface area contributed by atoms with Crippen molar-refractivity contribution in [3.05, 3.63) is 51.2 Å². The highest BCUT2D eigenvalue weighted by Gasteiger charge is 2.18. The van der Waals surface area contributed by atoms with E-state index in [1.807, 2.05) is 34.9 Å². The molecule has 0 saturated heterocycles. The third kappa shape index (κ3) is 2.79. The number of hydrogen-bond donors (Lipinski definition) is 0. The molecule has 23 heavy (non-hydrogen) atoms. The van der Waals surface area contributed by atoms with E-state index in [4.69, 9.17) is 0 Å². The SMILES string of the molecule is CCCCCCn1c2nc(=O)n(C)c(=O)c-2cc2ccccc21. The molecule has 3 rings (SSSR count). The smallest absolute Gasteiger partial charge is 0.325 e. The predicted octanol–water partition coefficient (Wildman–Crippen LogP) is 2.78. The molecule has 0 atom stereocenters. The van der Waals surface area contributed by atoms with Gasteiger partial charge in [-0.1, -0.05) is 44.4 Å². The van der Waals surface area contributed by atoms with Crippen LogP contribution < -0.4 is 11.2 Å². The minimum atomic E-state index is -0.500. The van der Waals surface area contributed by atoms with Gasteiger partial charge in [0.1, 0.15) is 0 Å². The number of aromatic nitrogens is 3. The van der Waals surface area contributed by atoms with E-state index in [0.29, 0.717) is 11.4 Å². The average Bonchev–Trinajstić information content (AvgIpc) is 2.57. The van der Waals surface area contributed by atoms with E-state index in [1.54, 1.807) is 0 Å². The van der Waals surface area contributed by atoms with Crippen molar-refractivity contribution >= 4 is 10.9 Å². The van der Waals surface area contributed by atoms with Crippen LogP contribution in [0, 0.1) is 0 Å². The van der Waals surface area contributed by atoms with Gasteiger partial charge in [0.15, 0.2) is 5.82 Å². The Kier molecular flexibility index (Phi) is 4.28. The van der Waals surface area contributed by atoms with Crippen LogP contribution in [-0.2, 0) is 13.6 Å². The molecule has 2 aliphatic rings. The lowest BCUT2D eigenvalue weighted by molar-refractivity contribution is 0.587. The molecule has 0 N–H and O–H groups in total. The zero-order valence-electron chi connectivity index (χ0n) is 13.6. The first-order valence-electron chi connectivity index (χ1n) is 8.13. The molecule has 0 radical (unpaired) electrons. The zero-order chi connectivity index (χ0) is 16.4. The van der Waals surface area contributed by atoms with Crippen molar-refractivity contribution in [3.8, 4) is 11.4 Å². The predicted molar refractivity (Wildman–Crippen MR) is 92.0 cm³/mol. The quantitative estimate of drug-likeness (QED) is 0.538. The highest BCUT2D eigenvalue weighted by atomic mass is 16.2. The van der Waals surface area contributed by atoms with Gasteiger partial charge >= 0.3 is 5.69 Å². The molecule has 0 fully saturated rings. The first-order valence-corrected chi connectivity index (χ1v) is 8.13. The molecule has 0 aromatic heterocycles. The van der Waals surface area contributed by atoms with Gasteiger partial charge in [-0.2, -0.15) is 4.98 Å². The van der Waals surface area contributed by atoms with Gasteiger partial charge in [0.05, 0.1) is 5.56 Å². The first kappa shape index (κ1) is 15.5. The van der Waals surface area contributed by atoms with Gasteiger partial charge in [-0.3, -0.25) is 9.36 Å². The minimum absolute atomic E-state index is 0.284. The number of para-hydroxylation sites is 1. The summed E-state index contributed by atoms with van der Waals surface area (Å²) in [6, 6.07) is 9.76. The molecule has 2 heterocycles. The fraction of sp³-hybridized carbons (Fsp3) is 0.389. The maximum atomic E-state index is 12.4. The lowest BCUT2D eigenvalue weighted by Gasteiger charge is -2.18. The van der Waals surface area contributed by atoms with Crippen molar-refractivity contribution < 1.29 is 0 Å². The van der Waals surface area contributed by atoms with E-state index in [2.05, 4.69) is 11.9 Å². The summed E-state index contributed by atoms with van der Waals surface area (Å²) < 4.78 is 3.08. The Morgan fingerprint density at radius 1 is 1.09 bits per heavy atom. The van der Waals surface area contributed by atoms with E-state index in [-0.39, 0.29) is 5.56 Å². The molecule has 0 amide bonds. The van der Waals surface area contributed by atoms with Crippen LogP contribution in [0.15, 0.2) is 39.9 Å². The van der Waals surface area contributed by atoms with E-state index < -0.39 is 5.69 Å². The number of benzene rings is 1. The number of hydrogen-bond acceptors (Lipinski definition) is 3. The number of aryl methyl sites for hydroxylation is 1. The van der Waals surface area contributed by atoms with Crippen LogP contribution in [0.2, 0.25) is 0 Å².